The second kappa shape index (κ2) is 7.46. The monoisotopic (exact) mass is 300 g/mol. The quantitative estimate of drug-likeness (QED) is 0.488. The summed E-state index contributed by atoms with van der Waals surface area (Å²) in [6.45, 7) is 0.649. The molecule has 0 aromatic carbocycles. The molecular weight excluding hydrogens is 280 g/mol. The van der Waals surface area contributed by atoms with Gasteiger partial charge in [-0.15, -0.1) is 0 Å². The van der Waals surface area contributed by atoms with Gasteiger partial charge in [-0.1, -0.05) is 0 Å². The Balaban J connectivity index is 2.62. The molecule has 2 atom stereocenters. The molecule has 0 radical (unpaired) electrons. The number of piperidine rings is 1. The lowest BCUT2D eigenvalue weighted by atomic mass is 9.97. The van der Waals surface area contributed by atoms with Crippen molar-refractivity contribution in [3.8, 4) is 0 Å². The number of carbonyl (C=O) groups excluding carboxylic acids is 3. The Labute approximate surface area is 121 Å². The van der Waals surface area contributed by atoms with Crippen molar-refractivity contribution in [2.24, 2.45) is 11.7 Å². The number of amides is 4. The van der Waals surface area contributed by atoms with Gasteiger partial charge in [0.25, 0.3) is 0 Å². The van der Waals surface area contributed by atoms with E-state index in [1.165, 1.54) is 11.9 Å². The summed E-state index contributed by atoms with van der Waals surface area (Å²) in [5.41, 5.74) is 4.95. The Morgan fingerprint density at radius 2 is 2.05 bits per heavy atom. The summed E-state index contributed by atoms with van der Waals surface area (Å²) in [7, 11) is 1.52. The fourth-order valence-electron chi connectivity index (χ4n) is 2.22. The maximum Gasteiger partial charge on any atom is 0.326 e. The summed E-state index contributed by atoms with van der Waals surface area (Å²) < 4.78 is 0. The van der Waals surface area contributed by atoms with E-state index in [1.807, 2.05) is 0 Å². The number of carboxylic acid groups (broad SMARTS) is 1. The average Bonchev–Trinajstić information content (AvgIpc) is 2.45. The van der Waals surface area contributed by atoms with E-state index >= 15 is 0 Å². The van der Waals surface area contributed by atoms with Crippen molar-refractivity contribution in [3.05, 3.63) is 0 Å². The lowest BCUT2D eigenvalue weighted by Crippen LogP contribution is -2.53. The first-order valence-corrected chi connectivity index (χ1v) is 6.63. The number of nitrogens with one attached hydrogen (secondary N) is 2. The van der Waals surface area contributed by atoms with Crippen molar-refractivity contribution in [1.82, 2.24) is 15.5 Å². The number of carbonyl (C=O) groups is 4. The van der Waals surface area contributed by atoms with Crippen LogP contribution < -0.4 is 16.4 Å². The van der Waals surface area contributed by atoms with Crippen molar-refractivity contribution in [2.45, 2.75) is 25.3 Å². The van der Waals surface area contributed by atoms with Crippen LogP contribution in [0.25, 0.3) is 0 Å². The molecule has 1 fully saturated rings. The van der Waals surface area contributed by atoms with Crippen molar-refractivity contribution in [3.63, 3.8) is 0 Å². The lowest BCUT2D eigenvalue weighted by molar-refractivity contribution is -0.141. The summed E-state index contributed by atoms with van der Waals surface area (Å²) in [5.74, 6) is -2.61. The van der Waals surface area contributed by atoms with E-state index in [-0.39, 0.29) is 18.4 Å². The zero-order valence-corrected chi connectivity index (χ0v) is 11.8. The number of primary amides is 1. The summed E-state index contributed by atoms with van der Waals surface area (Å²) in [6, 6.07) is -1.98. The fraction of sp³-hybridized carbons (Fsp3) is 0.667. The van der Waals surface area contributed by atoms with Crippen LogP contribution in [-0.4, -0.2) is 60.0 Å². The molecule has 118 valence electrons. The molecule has 9 nitrogen and oxygen atoms in total. The molecule has 5 N–H and O–H groups in total. The largest absolute Gasteiger partial charge is 0.480 e. The van der Waals surface area contributed by atoms with Crippen LogP contribution in [0, 0.1) is 5.92 Å². The normalized spacial score (nSPS) is 19.5. The SMILES string of the molecule is CNC(=O)C1CCCN(C(=O)NC(CC(N)=O)C(=O)O)C1. The van der Waals surface area contributed by atoms with Crippen molar-refractivity contribution >= 4 is 23.8 Å². The fourth-order valence-corrected chi connectivity index (χ4v) is 2.22. The van der Waals surface area contributed by atoms with E-state index in [9.17, 15) is 19.2 Å². The highest BCUT2D eigenvalue weighted by atomic mass is 16.4. The molecule has 4 amide bonds. The number of nitrogens with zero attached hydrogens (tertiary/aromatic N) is 1. The van der Waals surface area contributed by atoms with E-state index in [4.69, 9.17) is 10.8 Å². The van der Waals surface area contributed by atoms with Gasteiger partial charge in [-0.2, -0.15) is 0 Å². The minimum absolute atomic E-state index is 0.153. The maximum atomic E-state index is 12.0. The predicted octanol–water partition coefficient (Wildman–Crippen LogP) is -1.52. The maximum absolute atomic E-state index is 12.0. The number of rotatable bonds is 5. The van der Waals surface area contributed by atoms with Gasteiger partial charge in [0.1, 0.15) is 6.04 Å². The highest BCUT2D eigenvalue weighted by Gasteiger charge is 2.30. The van der Waals surface area contributed by atoms with Gasteiger partial charge < -0.3 is 26.4 Å². The predicted molar refractivity (Wildman–Crippen MR) is 72.1 cm³/mol. The van der Waals surface area contributed by atoms with Crippen LogP contribution in [0.3, 0.4) is 0 Å². The molecule has 1 aliphatic heterocycles. The van der Waals surface area contributed by atoms with Crippen LogP contribution in [0.1, 0.15) is 19.3 Å². The molecule has 0 bridgehead atoms. The molecular formula is C12H20N4O5. The van der Waals surface area contributed by atoms with Gasteiger partial charge in [-0.05, 0) is 12.8 Å². The molecule has 0 saturated carbocycles. The molecule has 21 heavy (non-hydrogen) atoms. The number of aliphatic carboxylic acids is 1. The standard InChI is InChI=1S/C12H20N4O5/c1-14-10(18)7-3-2-4-16(6-7)12(21)15-8(11(19)20)5-9(13)17/h7-8H,2-6H2,1H3,(H2,13,17)(H,14,18)(H,15,21)(H,19,20). The molecule has 0 aromatic rings. The average molecular weight is 300 g/mol. The lowest BCUT2D eigenvalue weighted by Gasteiger charge is -2.32. The Bertz CT molecular complexity index is 439. The molecule has 0 aliphatic carbocycles. The highest BCUT2D eigenvalue weighted by molar-refractivity contribution is 5.88. The first kappa shape index (κ1) is 16.7. The number of urea groups is 1. The molecule has 2 unspecified atom stereocenters. The van der Waals surface area contributed by atoms with Gasteiger partial charge in [-0.25, -0.2) is 9.59 Å². The molecule has 1 saturated heterocycles. The van der Waals surface area contributed by atoms with Crippen molar-refractivity contribution in [2.75, 3.05) is 20.1 Å². The highest BCUT2D eigenvalue weighted by Crippen LogP contribution is 2.16. The number of hydrogen-bond acceptors (Lipinski definition) is 4. The Morgan fingerprint density at radius 1 is 1.38 bits per heavy atom. The van der Waals surface area contributed by atoms with Gasteiger partial charge >= 0.3 is 12.0 Å². The smallest absolute Gasteiger partial charge is 0.326 e. The Hall–Kier alpha value is -2.32. The molecule has 1 heterocycles. The van der Waals surface area contributed by atoms with Gasteiger partial charge in [-0.3, -0.25) is 9.59 Å². The van der Waals surface area contributed by atoms with Crippen LogP contribution >= 0.6 is 0 Å². The Morgan fingerprint density at radius 3 is 2.57 bits per heavy atom. The van der Waals surface area contributed by atoms with E-state index in [1.54, 1.807) is 0 Å². The Kier molecular flexibility index (Phi) is 5.94. The van der Waals surface area contributed by atoms with Gasteiger partial charge in [0.2, 0.25) is 11.8 Å². The van der Waals surface area contributed by atoms with Crippen molar-refractivity contribution < 1.29 is 24.3 Å². The van der Waals surface area contributed by atoms with Crippen LogP contribution in [0.2, 0.25) is 0 Å². The molecule has 1 rings (SSSR count). The van der Waals surface area contributed by atoms with Crippen LogP contribution in [-0.2, 0) is 14.4 Å². The third-order valence-corrected chi connectivity index (χ3v) is 3.33. The van der Waals surface area contributed by atoms with E-state index in [0.29, 0.717) is 19.4 Å². The van der Waals surface area contributed by atoms with E-state index in [0.717, 1.165) is 0 Å². The summed E-state index contributed by atoms with van der Waals surface area (Å²) in [4.78, 5) is 46.7. The van der Waals surface area contributed by atoms with Crippen LogP contribution in [0.4, 0.5) is 4.79 Å². The van der Waals surface area contributed by atoms with Gasteiger partial charge in [0, 0.05) is 20.1 Å². The second-order valence-corrected chi connectivity index (χ2v) is 4.91. The summed E-state index contributed by atoms with van der Waals surface area (Å²) in [5, 5.41) is 13.7. The first-order chi connectivity index (χ1) is 9.85. The second-order valence-electron chi connectivity index (χ2n) is 4.91. The summed E-state index contributed by atoms with van der Waals surface area (Å²) >= 11 is 0. The first-order valence-electron chi connectivity index (χ1n) is 6.63. The minimum Gasteiger partial charge on any atom is -0.480 e. The number of carboxylic acids is 1. The van der Waals surface area contributed by atoms with Crippen LogP contribution in [0.5, 0.6) is 0 Å². The number of hydrogen-bond donors (Lipinski definition) is 4. The molecule has 1 aliphatic rings. The van der Waals surface area contributed by atoms with Crippen LogP contribution in [0.15, 0.2) is 0 Å². The number of nitrogens with two attached hydrogens (primary N) is 1. The van der Waals surface area contributed by atoms with Crippen molar-refractivity contribution in [1.29, 1.82) is 0 Å². The third kappa shape index (κ3) is 4.93. The van der Waals surface area contributed by atoms with E-state index in [2.05, 4.69) is 10.6 Å². The third-order valence-electron chi connectivity index (χ3n) is 3.33. The van der Waals surface area contributed by atoms with E-state index < -0.39 is 30.4 Å². The zero-order valence-electron chi connectivity index (χ0n) is 11.8. The minimum atomic E-state index is -1.37. The molecule has 9 heteroatoms. The number of likely N-dealkylation sites (tertiary alicyclic amines) is 1. The zero-order chi connectivity index (χ0) is 16.0. The molecule has 0 spiro atoms. The topological polar surface area (TPSA) is 142 Å². The van der Waals surface area contributed by atoms with Gasteiger partial charge in [0.05, 0.1) is 12.3 Å². The summed E-state index contributed by atoms with van der Waals surface area (Å²) in [6.07, 6.45) is 0.847. The molecule has 0 aromatic heterocycles. The van der Waals surface area contributed by atoms with Gasteiger partial charge in [0.15, 0.2) is 0 Å².